The summed E-state index contributed by atoms with van der Waals surface area (Å²) in [4.78, 5) is 13.8. The summed E-state index contributed by atoms with van der Waals surface area (Å²) in [5, 5.41) is 6.66. The second-order valence-corrected chi connectivity index (χ2v) is 8.09. The number of halogens is 2. The van der Waals surface area contributed by atoms with E-state index in [9.17, 15) is 4.79 Å². The number of aromatic nitrogens is 2. The third kappa shape index (κ3) is 4.24. The Balaban J connectivity index is 1.45. The summed E-state index contributed by atoms with van der Waals surface area (Å²) < 4.78 is 12.7. The number of nitrogens with zero attached hydrogens (tertiary/aromatic N) is 2. The number of para-hydroxylation sites is 1. The van der Waals surface area contributed by atoms with Gasteiger partial charge in [0.2, 0.25) is 0 Å². The maximum absolute atomic E-state index is 12.5. The van der Waals surface area contributed by atoms with Crippen LogP contribution in [-0.2, 0) is 4.74 Å². The van der Waals surface area contributed by atoms with Crippen LogP contribution in [-0.4, -0.2) is 29.0 Å². The molecule has 0 aliphatic rings. The van der Waals surface area contributed by atoms with Crippen molar-refractivity contribution in [2.45, 2.75) is 6.92 Å². The predicted molar refractivity (Wildman–Crippen MR) is 116 cm³/mol. The molecule has 0 N–H and O–H groups in total. The van der Waals surface area contributed by atoms with Crippen molar-refractivity contribution in [3.8, 4) is 11.4 Å². The molecule has 2 aromatic carbocycles. The summed E-state index contributed by atoms with van der Waals surface area (Å²) in [6.45, 7) is 2.26. The normalized spacial score (nSPS) is 11.0. The van der Waals surface area contributed by atoms with E-state index in [1.165, 1.54) is 11.3 Å². The van der Waals surface area contributed by atoms with Crippen LogP contribution in [0, 0.1) is 6.92 Å². The van der Waals surface area contributed by atoms with Gasteiger partial charge in [0.25, 0.3) is 0 Å². The fourth-order valence-electron chi connectivity index (χ4n) is 2.82. The molecule has 0 aliphatic carbocycles. The van der Waals surface area contributed by atoms with Crippen molar-refractivity contribution >= 4 is 50.7 Å². The topological polar surface area (TPSA) is 53.4 Å². The minimum Gasteiger partial charge on any atom is -0.488 e. The number of ether oxygens (including phenoxy) is 2. The first kappa shape index (κ1) is 19.8. The molecule has 148 valence electrons. The maximum atomic E-state index is 12.5. The summed E-state index contributed by atoms with van der Waals surface area (Å²) >= 11 is 13.3. The Morgan fingerprint density at radius 3 is 2.62 bits per heavy atom. The minimum atomic E-state index is -0.393. The molecule has 0 unspecified atom stereocenters. The zero-order valence-corrected chi connectivity index (χ0v) is 17.7. The largest absolute Gasteiger partial charge is 0.488 e. The first-order valence-corrected chi connectivity index (χ1v) is 10.4. The highest BCUT2D eigenvalue weighted by Crippen LogP contribution is 2.31. The van der Waals surface area contributed by atoms with E-state index in [-0.39, 0.29) is 13.2 Å². The fraction of sp³-hybridized carbons (Fsp3) is 0.143. The molecule has 2 heterocycles. The molecule has 8 heteroatoms. The summed E-state index contributed by atoms with van der Waals surface area (Å²) in [6, 6.07) is 16.4. The molecular weight excluding hydrogens is 431 g/mol. The van der Waals surface area contributed by atoms with E-state index in [0.717, 1.165) is 21.6 Å². The van der Waals surface area contributed by atoms with Gasteiger partial charge in [0, 0.05) is 10.4 Å². The highest BCUT2D eigenvalue weighted by molar-refractivity contribution is 7.20. The number of benzene rings is 2. The van der Waals surface area contributed by atoms with Crippen LogP contribution in [0.2, 0.25) is 10.0 Å². The number of aryl methyl sites for hydroxylation is 1. The summed E-state index contributed by atoms with van der Waals surface area (Å²) in [5.74, 6) is 0.168. The lowest BCUT2D eigenvalue weighted by atomic mass is 10.3. The Kier molecular flexibility index (Phi) is 5.76. The molecule has 4 aromatic rings. The average Bonchev–Trinajstić information content (AvgIpc) is 3.28. The second kappa shape index (κ2) is 8.45. The number of hydrogen-bond acceptors (Lipinski definition) is 5. The lowest BCUT2D eigenvalue weighted by molar-refractivity contribution is 0.0456. The Bertz CT molecular complexity index is 1170. The molecule has 0 spiro atoms. The molecule has 5 nitrogen and oxygen atoms in total. The summed E-state index contributed by atoms with van der Waals surface area (Å²) in [5.41, 5.74) is 1.72. The van der Waals surface area contributed by atoms with Gasteiger partial charge in [0.15, 0.2) is 0 Å². The van der Waals surface area contributed by atoms with Crippen molar-refractivity contribution in [1.82, 2.24) is 9.78 Å². The van der Waals surface area contributed by atoms with Crippen LogP contribution in [0.1, 0.15) is 15.4 Å². The van der Waals surface area contributed by atoms with Crippen molar-refractivity contribution in [2.24, 2.45) is 0 Å². The monoisotopic (exact) mass is 446 g/mol. The van der Waals surface area contributed by atoms with Gasteiger partial charge >= 0.3 is 5.97 Å². The average molecular weight is 447 g/mol. The smallest absolute Gasteiger partial charge is 0.348 e. The predicted octanol–water partition coefficient (Wildman–Crippen LogP) is 5.94. The first-order chi connectivity index (χ1) is 14.0. The van der Waals surface area contributed by atoms with Crippen LogP contribution in [0.25, 0.3) is 15.9 Å². The zero-order chi connectivity index (χ0) is 20.4. The molecule has 0 fully saturated rings. The SMILES string of the molecule is Cc1nn(-c2ccc(Cl)cc2)c2sc(C(=O)OCCOc3ccccc3Cl)cc12. The van der Waals surface area contributed by atoms with Crippen molar-refractivity contribution in [3.05, 3.63) is 75.2 Å². The first-order valence-electron chi connectivity index (χ1n) is 8.82. The van der Waals surface area contributed by atoms with E-state index < -0.39 is 5.97 Å². The quantitative estimate of drug-likeness (QED) is 0.271. The highest BCUT2D eigenvalue weighted by atomic mass is 35.5. The molecule has 0 atom stereocenters. The van der Waals surface area contributed by atoms with Crippen LogP contribution >= 0.6 is 34.5 Å². The molecule has 0 bridgehead atoms. The van der Waals surface area contributed by atoms with Crippen LogP contribution in [0.5, 0.6) is 5.75 Å². The molecule has 0 saturated carbocycles. The lowest BCUT2D eigenvalue weighted by Gasteiger charge is -2.08. The van der Waals surface area contributed by atoms with Gasteiger partial charge in [-0.25, -0.2) is 9.48 Å². The van der Waals surface area contributed by atoms with Crippen LogP contribution < -0.4 is 4.74 Å². The van der Waals surface area contributed by atoms with E-state index in [1.54, 1.807) is 12.1 Å². The number of thiophene rings is 1. The van der Waals surface area contributed by atoms with Gasteiger partial charge in [-0.2, -0.15) is 5.10 Å². The Morgan fingerprint density at radius 2 is 1.86 bits per heavy atom. The molecule has 4 rings (SSSR count). The summed E-state index contributed by atoms with van der Waals surface area (Å²) in [7, 11) is 0. The molecule has 0 amide bonds. The number of hydrogen-bond donors (Lipinski definition) is 0. The fourth-order valence-corrected chi connectivity index (χ4v) is 4.22. The minimum absolute atomic E-state index is 0.126. The van der Waals surface area contributed by atoms with E-state index in [0.29, 0.717) is 20.7 Å². The van der Waals surface area contributed by atoms with Gasteiger partial charge in [-0.05, 0) is 49.4 Å². The van der Waals surface area contributed by atoms with Gasteiger partial charge < -0.3 is 9.47 Å². The van der Waals surface area contributed by atoms with Gasteiger partial charge in [0.05, 0.1) is 16.4 Å². The number of carbonyl (C=O) groups excluding carboxylic acids is 1. The molecule has 29 heavy (non-hydrogen) atoms. The van der Waals surface area contributed by atoms with E-state index in [2.05, 4.69) is 5.10 Å². The van der Waals surface area contributed by atoms with Crippen LogP contribution in [0.15, 0.2) is 54.6 Å². The highest BCUT2D eigenvalue weighted by Gasteiger charge is 2.18. The maximum Gasteiger partial charge on any atom is 0.348 e. The Morgan fingerprint density at radius 1 is 1.10 bits per heavy atom. The van der Waals surface area contributed by atoms with Crippen LogP contribution in [0.4, 0.5) is 0 Å². The van der Waals surface area contributed by atoms with E-state index in [1.807, 2.05) is 54.1 Å². The van der Waals surface area contributed by atoms with Crippen molar-refractivity contribution in [2.75, 3.05) is 13.2 Å². The number of esters is 1. The molecular formula is C21H16Cl2N2O3S. The summed E-state index contributed by atoms with van der Waals surface area (Å²) in [6.07, 6.45) is 0. The molecule has 0 saturated heterocycles. The Hall–Kier alpha value is -2.54. The third-order valence-electron chi connectivity index (χ3n) is 4.23. The van der Waals surface area contributed by atoms with Gasteiger partial charge in [-0.1, -0.05) is 35.3 Å². The zero-order valence-electron chi connectivity index (χ0n) is 15.4. The van der Waals surface area contributed by atoms with Crippen molar-refractivity contribution < 1.29 is 14.3 Å². The second-order valence-electron chi connectivity index (χ2n) is 6.22. The van der Waals surface area contributed by atoms with Crippen molar-refractivity contribution in [3.63, 3.8) is 0 Å². The Labute approximate surface area is 181 Å². The number of fused-ring (bicyclic) bond motifs is 1. The third-order valence-corrected chi connectivity index (χ3v) is 5.88. The van der Waals surface area contributed by atoms with Crippen LogP contribution in [0.3, 0.4) is 0 Å². The standard InChI is InChI=1S/C21H16Cl2N2O3S/c1-13-16-12-19(21(26)28-11-10-27-18-5-3-2-4-17(18)23)29-20(16)25(24-13)15-8-6-14(22)7-9-15/h2-9,12H,10-11H2,1H3. The van der Waals surface area contributed by atoms with Crippen molar-refractivity contribution in [1.29, 1.82) is 0 Å². The number of carbonyl (C=O) groups is 1. The van der Waals surface area contributed by atoms with E-state index >= 15 is 0 Å². The van der Waals surface area contributed by atoms with Gasteiger partial charge in [-0.15, -0.1) is 11.3 Å². The van der Waals surface area contributed by atoms with E-state index in [4.69, 9.17) is 32.7 Å². The number of rotatable bonds is 6. The molecule has 2 aromatic heterocycles. The molecule has 0 aliphatic heterocycles. The van der Waals surface area contributed by atoms with Gasteiger partial charge in [0.1, 0.15) is 28.7 Å². The van der Waals surface area contributed by atoms with Gasteiger partial charge in [-0.3, -0.25) is 0 Å². The molecule has 0 radical (unpaired) electrons. The lowest BCUT2D eigenvalue weighted by Crippen LogP contribution is -2.11.